The van der Waals surface area contributed by atoms with Gasteiger partial charge in [-0.05, 0) is 60.5 Å². The van der Waals surface area contributed by atoms with E-state index in [9.17, 15) is 5.26 Å². The molecule has 0 saturated heterocycles. The lowest BCUT2D eigenvalue weighted by atomic mass is 10.0. The Morgan fingerprint density at radius 2 is 2.04 bits per heavy atom. The lowest BCUT2D eigenvalue weighted by molar-refractivity contribution is 0.311. The normalized spacial score (nSPS) is 11.3. The van der Waals surface area contributed by atoms with Crippen LogP contribution in [-0.4, -0.2) is 13.7 Å². The van der Waals surface area contributed by atoms with Gasteiger partial charge in [0.15, 0.2) is 11.5 Å². The van der Waals surface area contributed by atoms with Crippen LogP contribution in [0.4, 0.5) is 0 Å². The van der Waals surface area contributed by atoms with Crippen LogP contribution in [-0.2, 0) is 0 Å². The molecule has 0 bridgehead atoms. The van der Waals surface area contributed by atoms with Crippen molar-refractivity contribution >= 4 is 22.6 Å². The summed E-state index contributed by atoms with van der Waals surface area (Å²) in [6.07, 6.45) is 3.48. The smallest absolute Gasteiger partial charge is 0.161 e. The molecule has 24 heavy (non-hydrogen) atoms. The third-order valence-corrected chi connectivity index (χ3v) is 3.68. The van der Waals surface area contributed by atoms with Gasteiger partial charge in [-0.25, -0.2) is 0 Å². The highest BCUT2D eigenvalue weighted by molar-refractivity contribution is 5.93. The van der Waals surface area contributed by atoms with Crippen molar-refractivity contribution in [3.63, 3.8) is 0 Å². The molecule has 0 N–H and O–H groups in total. The van der Waals surface area contributed by atoms with E-state index < -0.39 is 0 Å². The van der Waals surface area contributed by atoms with Crippen molar-refractivity contribution in [2.24, 2.45) is 0 Å². The largest absolute Gasteiger partial charge is 0.493 e. The first kappa shape index (κ1) is 15.7. The SMILES string of the molecule is CCOc1cc(/C=C(/C#N)c2ccc3occc3c2)ccc1OC. The molecule has 0 aliphatic rings. The summed E-state index contributed by atoms with van der Waals surface area (Å²) in [6.45, 7) is 2.47. The molecular formula is C20H17NO3. The quantitative estimate of drug-likeness (QED) is 0.495. The minimum atomic E-state index is 0.547. The molecule has 0 aliphatic heterocycles. The Morgan fingerprint density at radius 3 is 2.79 bits per heavy atom. The van der Waals surface area contributed by atoms with Crippen molar-refractivity contribution < 1.29 is 13.9 Å². The fourth-order valence-corrected chi connectivity index (χ4v) is 2.53. The highest BCUT2D eigenvalue weighted by Gasteiger charge is 2.07. The molecule has 0 aliphatic carbocycles. The number of hydrogen-bond acceptors (Lipinski definition) is 4. The number of benzene rings is 2. The average molecular weight is 319 g/mol. The maximum atomic E-state index is 9.54. The minimum absolute atomic E-state index is 0.547. The zero-order chi connectivity index (χ0) is 16.9. The van der Waals surface area contributed by atoms with E-state index in [0.717, 1.165) is 22.1 Å². The molecule has 2 aromatic carbocycles. The Kier molecular flexibility index (Phi) is 4.53. The molecule has 4 nitrogen and oxygen atoms in total. The van der Waals surface area contributed by atoms with E-state index in [1.807, 2.05) is 55.5 Å². The molecule has 1 aromatic heterocycles. The van der Waals surface area contributed by atoms with Gasteiger partial charge in [0.2, 0.25) is 0 Å². The number of nitrogens with zero attached hydrogens (tertiary/aromatic N) is 1. The van der Waals surface area contributed by atoms with Gasteiger partial charge in [0.05, 0.1) is 31.6 Å². The van der Waals surface area contributed by atoms with Gasteiger partial charge in [0.1, 0.15) is 5.58 Å². The molecule has 0 fully saturated rings. The third-order valence-electron chi connectivity index (χ3n) is 3.68. The van der Waals surface area contributed by atoms with Crippen LogP contribution < -0.4 is 9.47 Å². The topological polar surface area (TPSA) is 55.4 Å². The molecule has 0 unspecified atom stereocenters. The van der Waals surface area contributed by atoms with Crippen molar-refractivity contribution in [1.82, 2.24) is 0 Å². The van der Waals surface area contributed by atoms with E-state index in [4.69, 9.17) is 13.9 Å². The molecule has 0 saturated carbocycles. The summed E-state index contributed by atoms with van der Waals surface area (Å²) in [7, 11) is 1.61. The summed E-state index contributed by atoms with van der Waals surface area (Å²) in [6, 6.07) is 15.5. The number of methoxy groups -OCH3 is 1. The van der Waals surface area contributed by atoms with Gasteiger partial charge in [-0.3, -0.25) is 0 Å². The first-order chi connectivity index (χ1) is 11.7. The maximum Gasteiger partial charge on any atom is 0.161 e. The summed E-state index contributed by atoms with van der Waals surface area (Å²) in [4.78, 5) is 0. The zero-order valence-corrected chi connectivity index (χ0v) is 13.6. The second-order valence-corrected chi connectivity index (χ2v) is 5.19. The minimum Gasteiger partial charge on any atom is -0.493 e. The number of nitriles is 1. The van der Waals surface area contributed by atoms with Crippen LogP contribution in [0.25, 0.3) is 22.6 Å². The van der Waals surface area contributed by atoms with Gasteiger partial charge >= 0.3 is 0 Å². The number of rotatable bonds is 5. The van der Waals surface area contributed by atoms with Crippen molar-refractivity contribution in [2.75, 3.05) is 13.7 Å². The fraction of sp³-hybridized carbons (Fsp3) is 0.150. The molecule has 3 rings (SSSR count). The Morgan fingerprint density at radius 1 is 1.17 bits per heavy atom. The first-order valence-electron chi connectivity index (χ1n) is 7.65. The molecule has 4 heteroatoms. The molecule has 0 radical (unpaired) electrons. The second kappa shape index (κ2) is 6.93. The van der Waals surface area contributed by atoms with E-state index in [2.05, 4.69) is 6.07 Å². The summed E-state index contributed by atoms with van der Waals surface area (Å²) in [5.74, 6) is 1.34. The molecule has 1 heterocycles. The van der Waals surface area contributed by atoms with E-state index >= 15 is 0 Å². The molecule has 0 spiro atoms. The van der Waals surface area contributed by atoms with Crippen LogP contribution in [0.3, 0.4) is 0 Å². The average Bonchev–Trinajstić information content (AvgIpc) is 3.08. The lowest BCUT2D eigenvalue weighted by Crippen LogP contribution is -1.95. The lowest BCUT2D eigenvalue weighted by Gasteiger charge is -2.10. The molecular weight excluding hydrogens is 302 g/mol. The molecule has 0 atom stereocenters. The highest BCUT2D eigenvalue weighted by Crippen LogP contribution is 2.30. The number of fused-ring (bicyclic) bond motifs is 1. The molecule has 120 valence electrons. The summed E-state index contributed by atoms with van der Waals surface area (Å²) in [5, 5.41) is 10.5. The Bertz CT molecular complexity index is 931. The number of allylic oxidation sites excluding steroid dienone is 1. The van der Waals surface area contributed by atoms with E-state index in [1.54, 1.807) is 13.4 Å². The van der Waals surface area contributed by atoms with Crippen LogP contribution >= 0.6 is 0 Å². The van der Waals surface area contributed by atoms with Gasteiger partial charge in [-0.1, -0.05) is 6.07 Å². The van der Waals surface area contributed by atoms with Crippen LogP contribution in [0.15, 0.2) is 53.1 Å². The van der Waals surface area contributed by atoms with Gasteiger partial charge in [-0.15, -0.1) is 0 Å². The maximum absolute atomic E-state index is 9.54. The summed E-state index contributed by atoms with van der Waals surface area (Å²) >= 11 is 0. The Balaban J connectivity index is 2.01. The number of ether oxygens (including phenoxy) is 2. The monoisotopic (exact) mass is 319 g/mol. The predicted octanol–water partition coefficient (Wildman–Crippen LogP) is 4.90. The Labute approximate surface area is 140 Å². The zero-order valence-electron chi connectivity index (χ0n) is 13.6. The highest BCUT2D eigenvalue weighted by atomic mass is 16.5. The van der Waals surface area contributed by atoms with Gasteiger partial charge in [-0.2, -0.15) is 5.26 Å². The van der Waals surface area contributed by atoms with Gasteiger partial charge < -0.3 is 13.9 Å². The fourth-order valence-electron chi connectivity index (χ4n) is 2.53. The van der Waals surface area contributed by atoms with Crippen molar-refractivity contribution in [2.45, 2.75) is 6.92 Å². The standard InChI is InChI=1S/C20H17NO3/c1-3-23-20-11-14(4-6-19(20)22-2)10-17(13-21)15-5-7-18-16(12-15)8-9-24-18/h4-12H,3H2,1-2H3/b17-10-. The Hall–Kier alpha value is -3.19. The van der Waals surface area contributed by atoms with Gasteiger partial charge in [0.25, 0.3) is 0 Å². The third kappa shape index (κ3) is 3.11. The van der Waals surface area contributed by atoms with E-state index in [-0.39, 0.29) is 0 Å². The van der Waals surface area contributed by atoms with Crippen molar-refractivity contribution in [3.05, 3.63) is 59.9 Å². The van der Waals surface area contributed by atoms with Gasteiger partial charge in [0, 0.05) is 5.39 Å². The van der Waals surface area contributed by atoms with Crippen molar-refractivity contribution in [3.8, 4) is 17.6 Å². The van der Waals surface area contributed by atoms with E-state index in [0.29, 0.717) is 23.7 Å². The van der Waals surface area contributed by atoms with Crippen LogP contribution in [0.5, 0.6) is 11.5 Å². The van der Waals surface area contributed by atoms with Crippen molar-refractivity contribution in [1.29, 1.82) is 5.26 Å². The molecule has 3 aromatic rings. The number of furan rings is 1. The summed E-state index contributed by atoms with van der Waals surface area (Å²) in [5.41, 5.74) is 3.10. The van der Waals surface area contributed by atoms with Crippen LogP contribution in [0, 0.1) is 11.3 Å². The molecule has 0 amide bonds. The predicted molar refractivity (Wildman–Crippen MR) is 93.9 cm³/mol. The summed E-state index contributed by atoms with van der Waals surface area (Å²) < 4.78 is 16.2. The van der Waals surface area contributed by atoms with Crippen LogP contribution in [0.2, 0.25) is 0 Å². The van der Waals surface area contributed by atoms with E-state index in [1.165, 1.54) is 0 Å². The number of hydrogen-bond donors (Lipinski definition) is 0. The second-order valence-electron chi connectivity index (χ2n) is 5.19. The first-order valence-corrected chi connectivity index (χ1v) is 7.65. The van der Waals surface area contributed by atoms with Crippen LogP contribution in [0.1, 0.15) is 18.1 Å².